The van der Waals surface area contributed by atoms with Gasteiger partial charge in [0.2, 0.25) is 0 Å². The highest BCUT2D eigenvalue weighted by Gasteiger charge is 2.05. The number of benzene rings is 2. The van der Waals surface area contributed by atoms with Crippen molar-refractivity contribution < 1.29 is 9.18 Å². The molecule has 126 valence electrons. The summed E-state index contributed by atoms with van der Waals surface area (Å²) in [6.45, 7) is 0. The van der Waals surface area contributed by atoms with Crippen molar-refractivity contribution in [2.75, 3.05) is 19.0 Å². The van der Waals surface area contributed by atoms with E-state index in [4.69, 9.17) is 0 Å². The van der Waals surface area contributed by atoms with Crippen LogP contribution in [0, 0.1) is 5.82 Å². The zero-order valence-electron chi connectivity index (χ0n) is 13.9. The minimum atomic E-state index is -0.272. The van der Waals surface area contributed by atoms with Gasteiger partial charge in [0.1, 0.15) is 10.8 Å². The molecule has 0 saturated carbocycles. The van der Waals surface area contributed by atoms with Crippen LogP contribution in [0.1, 0.15) is 16.1 Å². The summed E-state index contributed by atoms with van der Waals surface area (Å²) in [6, 6.07) is 13.7. The number of ketones is 1. The Morgan fingerprint density at radius 3 is 2.40 bits per heavy atom. The van der Waals surface area contributed by atoms with E-state index < -0.39 is 0 Å². The molecule has 25 heavy (non-hydrogen) atoms. The predicted octanol–water partition coefficient (Wildman–Crippen LogP) is 4.91. The second kappa shape index (κ2) is 7.40. The average molecular weight is 352 g/mol. The number of carbonyl (C=O) groups excluding carboxylic acids is 1. The van der Waals surface area contributed by atoms with Crippen LogP contribution in [0.4, 0.5) is 10.1 Å². The molecule has 1 heterocycles. The van der Waals surface area contributed by atoms with E-state index in [2.05, 4.69) is 4.98 Å². The molecule has 0 radical (unpaired) electrons. The van der Waals surface area contributed by atoms with Crippen molar-refractivity contribution >= 4 is 28.9 Å². The van der Waals surface area contributed by atoms with Crippen LogP contribution in [0.3, 0.4) is 0 Å². The van der Waals surface area contributed by atoms with E-state index in [1.54, 1.807) is 18.2 Å². The fourth-order valence-electron chi connectivity index (χ4n) is 2.27. The van der Waals surface area contributed by atoms with Crippen molar-refractivity contribution in [3.05, 3.63) is 77.1 Å². The molecule has 3 aromatic rings. The van der Waals surface area contributed by atoms with Gasteiger partial charge in [0.05, 0.1) is 5.69 Å². The number of rotatable bonds is 5. The summed E-state index contributed by atoms with van der Waals surface area (Å²) in [7, 11) is 3.91. The van der Waals surface area contributed by atoms with E-state index in [0.717, 1.165) is 16.3 Å². The Hall–Kier alpha value is -2.79. The zero-order valence-corrected chi connectivity index (χ0v) is 14.8. The summed E-state index contributed by atoms with van der Waals surface area (Å²) in [6.07, 6.45) is 3.22. The lowest BCUT2D eigenvalue weighted by Gasteiger charge is -2.11. The molecule has 0 bridgehead atoms. The van der Waals surface area contributed by atoms with Gasteiger partial charge in [0.25, 0.3) is 0 Å². The van der Waals surface area contributed by atoms with Gasteiger partial charge in [-0.3, -0.25) is 4.79 Å². The molecule has 0 spiro atoms. The van der Waals surface area contributed by atoms with Crippen molar-refractivity contribution in [3.8, 4) is 10.6 Å². The van der Waals surface area contributed by atoms with Crippen LogP contribution in [-0.4, -0.2) is 24.9 Å². The molecular weight excluding hydrogens is 335 g/mol. The summed E-state index contributed by atoms with van der Waals surface area (Å²) < 4.78 is 13.0. The topological polar surface area (TPSA) is 33.2 Å². The monoisotopic (exact) mass is 352 g/mol. The van der Waals surface area contributed by atoms with E-state index in [9.17, 15) is 9.18 Å². The molecule has 3 nitrogen and oxygen atoms in total. The first-order valence-electron chi connectivity index (χ1n) is 7.74. The summed E-state index contributed by atoms with van der Waals surface area (Å²) in [5, 5.41) is 2.67. The minimum absolute atomic E-state index is 0.0679. The molecule has 0 aliphatic rings. The van der Waals surface area contributed by atoms with Gasteiger partial charge in [-0.25, -0.2) is 9.37 Å². The summed E-state index contributed by atoms with van der Waals surface area (Å²) in [5.41, 5.74) is 3.25. The Balaban J connectivity index is 1.71. The number of nitrogens with zero attached hydrogens (tertiary/aromatic N) is 2. The highest BCUT2D eigenvalue weighted by atomic mass is 32.1. The van der Waals surface area contributed by atoms with Crippen molar-refractivity contribution in [1.82, 2.24) is 4.98 Å². The van der Waals surface area contributed by atoms with Gasteiger partial charge >= 0.3 is 0 Å². The van der Waals surface area contributed by atoms with Crippen LogP contribution in [0.2, 0.25) is 0 Å². The number of hydrogen-bond acceptors (Lipinski definition) is 4. The first kappa shape index (κ1) is 17.0. The maximum atomic E-state index is 13.0. The largest absolute Gasteiger partial charge is 0.378 e. The maximum absolute atomic E-state index is 13.0. The highest BCUT2D eigenvalue weighted by Crippen LogP contribution is 2.24. The van der Waals surface area contributed by atoms with Gasteiger partial charge < -0.3 is 4.90 Å². The molecule has 5 heteroatoms. The SMILES string of the molecule is CN(C)c1ccc(C(=O)/C=C/c2csc(-c3ccc(F)cc3)n2)cc1. The third kappa shape index (κ3) is 4.19. The van der Waals surface area contributed by atoms with Gasteiger partial charge in [-0.05, 0) is 60.7 Å². The number of halogens is 1. The first-order valence-corrected chi connectivity index (χ1v) is 8.62. The third-order valence-corrected chi connectivity index (χ3v) is 4.60. The molecule has 0 fully saturated rings. The van der Waals surface area contributed by atoms with Crippen molar-refractivity contribution in [2.24, 2.45) is 0 Å². The van der Waals surface area contributed by atoms with Gasteiger partial charge in [-0.2, -0.15) is 0 Å². The fraction of sp³-hybridized carbons (Fsp3) is 0.100. The lowest BCUT2D eigenvalue weighted by atomic mass is 10.1. The van der Waals surface area contributed by atoms with Crippen molar-refractivity contribution in [2.45, 2.75) is 0 Å². The van der Waals surface area contributed by atoms with Gasteiger partial charge in [-0.15, -0.1) is 11.3 Å². The summed E-state index contributed by atoms with van der Waals surface area (Å²) in [5.74, 6) is -0.340. The Bertz CT molecular complexity index is 896. The molecule has 1 aromatic heterocycles. The smallest absolute Gasteiger partial charge is 0.185 e. The van der Waals surface area contributed by atoms with Crippen LogP contribution in [0.15, 0.2) is 60.0 Å². The Labute approximate surface area is 150 Å². The second-order valence-electron chi connectivity index (χ2n) is 5.72. The Morgan fingerprint density at radius 1 is 1.08 bits per heavy atom. The number of thiazole rings is 1. The molecule has 0 aliphatic heterocycles. The zero-order chi connectivity index (χ0) is 17.8. The Morgan fingerprint density at radius 2 is 1.76 bits per heavy atom. The first-order chi connectivity index (χ1) is 12.0. The van der Waals surface area contributed by atoms with Crippen LogP contribution in [0.25, 0.3) is 16.6 Å². The highest BCUT2D eigenvalue weighted by molar-refractivity contribution is 7.13. The minimum Gasteiger partial charge on any atom is -0.378 e. The molecular formula is C20H17FN2OS. The molecule has 0 saturated heterocycles. The predicted molar refractivity (Wildman–Crippen MR) is 102 cm³/mol. The maximum Gasteiger partial charge on any atom is 0.185 e. The number of hydrogen-bond donors (Lipinski definition) is 0. The fourth-order valence-corrected chi connectivity index (χ4v) is 3.06. The van der Waals surface area contributed by atoms with Crippen molar-refractivity contribution in [1.29, 1.82) is 0 Å². The molecule has 0 unspecified atom stereocenters. The standard InChI is InChI=1S/C20H17FN2OS/c1-23(2)18-10-5-14(6-11-18)19(24)12-9-17-13-25-20(22-17)15-3-7-16(21)8-4-15/h3-13H,1-2H3/b12-9+. The van der Waals surface area contributed by atoms with Gasteiger partial charge in [0, 0.05) is 36.3 Å². The number of allylic oxidation sites excluding steroid dienone is 1. The van der Waals surface area contributed by atoms with Crippen LogP contribution < -0.4 is 4.90 Å². The lowest BCUT2D eigenvalue weighted by molar-refractivity contribution is 0.104. The van der Waals surface area contributed by atoms with E-state index >= 15 is 0 Å². The molecule has 0 N–H and O–H groups in total. The number of anilines is 1. The molecule has 0 amide bonds. The lowest BCUT2D eigenvalue weighted by Crippen LogP contribution is -2.08. The number of aromatic nitrogens is 1. The molecule has 0 aliphatic carbocycles. The van der Waals surface area contributed by atoms with Crippen LogP contribution in [-0.2, 0) is 0 Å². The van der Waals surface area contributed by atoms with Gasteiger partial charge in [-0.1, -0.05) is 0 Å². The molecule has 3 rings (SSSR count). The van der Waals surface area contributed by atoms with E-state index in [0.29, 0.717) is 11.3 Å². The summed E-state index contributed by atoms with van der Waals surface area (Å²) in [4.78, 5) is 18.7. The van der Waals surface area contributed by atoms with E-state index in [1.807, 2.05) is 48.6 Å². The normalized spacial score (nSPS) is 11.0. The van der Waals surface area contributed by atoms with Crippen LogP contribution >= 0.6 is 11.3 Å². The van der Waals surface area contributed by atoms with E-state index in [1.165, 1.54) is 29.5 Å². The van der Waals surface area contributed by atoms with Crippen molar-refractivity contribution in [3.63, 3.8) is 0 Å². The molecule has 2 aromatic carbocycles. The quantitative estimate of drug-likeness (QED) is 0.483. The average Bonchev–Trinajstić information content (AvgIpc) is 3.09. The van der Waals surface area contributed by atoms with Gasteiger partial charge in [0.15, 0.2) is 5.78 Å². The molecule has 0 atom stereocenters. The number of carbonyl (C=O) groups is 1. The van der Waals surface area contributed by atoms with E-state index in [-0.39, 0.29) is 11.6 Å². The second-order valence-corrected chi connectivity index (χ2v) is 6.58. The third-order valence-electron chi connectivity index (χ3n) is 3.69. The van der Waals surface area contributed by atoms with Crippen LogP contribution in [0.5, 0.6) is 0 Å². The summed E-state index contributed by atoms with van der Waals surface area (Å²) >= 11 is 1.46. The Kier molecular flexibility index (Phi) is 5.05.